The average Bonchev–Trinajstić information content (AvgIpc) is 3.17. The lowest BCUT2D eigenvalue weighted by molar-refractivity contribution is -0.110. The van der Waals surface area contributed by atoms with Gasteiger partial charge in [-0.25, -0.2) is 0 Å². The van der Waals surface area contributed by atoms with E-state index in [-0.39, 0.29) is 23.9 Å². The number of carbonyl (C=O) groups excluding carboxylic acids is 1. The third kappa shape index (κ3) is 3.81. The minimum absolute atomic E-state index is 0.0704. The summed E-state index contributed by atoms with van der Waals surface area (Å²) in [6.45, 7) is 3.00. The average molecular weight is 443 g/mol. The molecule has 3 aliphatic rings. The van der Waals surface area contributed by atoms with Gasteiger partial charge in [0, 0.05) is 30.9 Å². The maximum atomic E-state index is 13.3. The van der Waals surface area contributed by atoms with E-state index in [4.69, 9.17) is 0 Å². The van der Waals surface area contributed by atoms with E-state index in [1.165, 1.54) is 12.8 Å². The van der Waals surface area contributed by atoms with Gasteiger partial charge in [0.15, 0.2) is 0 Å². The van der Waals surface area contributed by atoms with Crippen molar-refractivity contribution in [1.29, 1.82) is 0 Å². The van der Waals surface area contributed by atoms with Crippen molar-refractivity contribution in [1.82, 2.24) is 20.0 Å². The van der Waals surface area contributed by atoms with Gasteiger partial charge in [0.05, 0.1) is 17.9 Å². The summed E-state index contributed by atoms with van der Waals surface area (Å²) in [5.74, 6) is -0.252. The van der Waals surface area contributed by atoms with Crippen LogP contribution in [0.1, 0.15) is 35.6 Å². The number of phenols is 1. The SMILES string of the molecule is Cn1cc(-c2ccc3c(c2)C(C(=O)Nc2ccc(CN4CCCC4)cc2O)=NC2NC32)cn1. The van der Waals surface area contributed by atoms with E-state index in [1.54, 1.807) is 23.0 Å². The van der Waals surface area contributed by atoms with Crippen molar-refractivity contribution in [2.75, 3.05) is 18.4 Å². The van der Waals surface area contributed by atoms with Gasteiger partial charge in [0.25, 0.3) is 5.91 Å². The van der Waals surface area contributed by atoms with Gasteiger partial charge in [-0.2, -0.15) is 5.10 Å². The molecular weight excluding hydrogens is 416 g/mol. The second-order valence-electron chi connectivity index (χ2n) is 9.06. The van der Waals surface area contributed by atoms with E-state index < -0.39 is 0 Å². The zero-order valence-corrected chi connectivity index (χ0v) is 18.5. The molecule has 1 aromatic heterocycles. The van der Waals surface area contributed by atoms with Gasteiger partial charge < -0.3 is 10.4 Å². The van der Waals surface area contributed by atoms with Crippen LogP contribution in [0.3, 0.4) is 0 Å². The van der Waals surface area contributed by atoms with Crippen LogP contribution >= 0.6 is 0 Å². The minimum Gasteiger partial charge on any atom is -0.506 e. The van der Waals surface area contributed by atoms with E-state index in [1.807, 2.05) is 25.4 Å². The van der Waals surface area contributed by atoms with Crippen LogP contribution in [0.5, 0.6) is 5.75 Å². The second kappa shape index (κ2) is 7.83. The molecule has 1 amide bonds. The van der Waals surface area contributed by atoms with E-state index in [0.717, 1.165) is 47.5 Å². The van der Waals surface area contributed by atoms with Gasteiger partial charge in [-0.05, 0) is 60.8 Å². The predicted molar refractivity (Wildman–Crippen MR) is 126 cm³/mol. The number of aliphatic imine (C=N–C) groups is 1. The zero-order chi connectivity index (χ0) is 22.5. The highest BCUT2D eigenvalue weighted by Gasteiger charge is 2.44. The number of fused-ring (bicyclic) bond motifs is 3. The molecule has 0 radical (unpaired) electrons. The minimum atomic E-state index is -0.325. The van der Waals surface area contributed by atoms with Crippen molar-refractivity contribution < 1.29 is 9.90 Å². The van der Waals surface area contributed by atoms with Crippen molar-refractivity contribution in [2.45, 2.75) is 31.6 Å². The number of likely N-dealkylation sites (tertiary alicyclic amines) is 1. The van der Waals surface area contributed by atoms with Crippen molar-refractivity contribution in [3.05, 3.63) is 65.5 Å². The summed E-state index contributed by atoms with van der Waals surface area (Å²) < 4.78 is 1.76. The third-order valence-electron chi connectivity index (χ3n) is 6.64. The molecule has 8 heteroatoms. The summed E-state index contributed by atoms with van der Waals surface area (Å²) in [4.78, 5) is 20.3. The highest BCUT2D eigenvalue weighted by molar-refractivity contribution is 6.49. The van der Waals surface area contributed by atoms with Crippen LogP contribution in [0.4, 0.5) is 5.69 Å². The molecule has 2 saturated heterocycles. The third-order valence-corrected chi connectivity index (χ3v) is 6.64. The molecule has 0 bridgehead atoms. The summed E-state index contributed by atoms with van der Waals surface area (Å²) in [5, 5.41) is 21.0. The number of amides is 1. The first-order valence-corrected chi connectivity index (χ1v) is 11.4. The van der Waals surface area contributed by atoms with Crippen LogP contribution < -0.4 is 10.6 Å². The van der Waals surface area contributed by atoms with Crippen LogP contribution in [0.25, 0.3) is 11.1 Å². The molecule has 8 nitrogen and oxygen atoms in total. The first-order valence-electron chi connectivity index (χ1n) is 11.4. The lowest BCUT2D eigenvalue weighted by Gasteiger charge is -2.18. The number of rotatable bonds is 5. The number of aromatic hydroxyl groups is 1. The molecular formula is C25H26N6O2. The molecule has 3 aromatic rings. The van der Waals surface area contributed by atoms with Gasteiger partial charge in [0.2, 0.25) is 0 Å². The number of aromatic nitrogens is 2. The van der Waals surface area contributed by atoms with E-state index in [0.29, 0.717) is 11.4 Å². The number of phenolic OH excluding ortho intramolecular Hbond substituents is 1. The van der Waals surface area contributed by atoms with Gasteiger partial charge in [-0.3, -0.25) is 24.7 Å². The monoisotopic (exact) mass is 442 g/mol. The fourth-order valence-corrected chi connectivity index (χ4v) is 4.83. The Morgan fingerprint density at radius 3 is 2.79 bits per heavy atom. The molecule has 0 aliphatic carbocycles. The molecule has 3 N–H and O–H groups in total. The van der Waals surface area contributed by atoms with Crippen LogP contribution in [0.2, 0.25) is 0 Å². The summed E-state index contributed by atoms with van der Waals surface area (Å²) in [6.07, 6.45) is 6.13. The highest BCUT2D eigenvalue weighted by atomic mass is 16.3. The molecule has 2 fully saturated rings. The van der Waals surface area contributed by atoms with Crippen molar-refractivity contribution in [3.63, 3.8) is 0 Å². The van der Waals surface area contributed by atoms with Crippen LogP contribution in [0.15, 0.2) is 53.8 Å². The van der Waals surface area contributed by atoms with Crippen molar-refractivity contribution >= 4 is 17.3 Å². The summed E-state index contributed by atoms with van der Waals surface area (Å²) in [5.41, 5.74) is 5.65. The normalized spacial score (nSPS) is 21.3. The largest absolute Gasteiger partial charge is 0.506 e. The van der Waals surface area contributed by atoms with E-state index in [9.17, 15) is 9.90 Å². The van der Waals surface area contributed by atoms with Gasteiger partial charge in [-0.15, -0.1) is 0 Å². The predicted octanol–water partition coefficient (Wildman–Crippen LogP) is 2.80. The fourth-order valence-electron chi connectivity index (χ4n) is 4.83. The maximum Gasteiger partial charge on any atom is 0.274 e. The Balaban J connectivity index is 1.25. The van der Waals surface area contributed by atoms with Crippen LogP contribution in [-0.2, 0) is 18.4 Å². The Morgan fingerprint density at radius 2 is 2.03 bits per heavy atom. The van der Waals surface area contributed by atoms with Gasteiger partial charge >= 0.3 is 0 Å². The Hall–Kier alpha value is -3.49. The molecule has 0 spiro atoms. The molecule has 2 atom stereocenters. The van der Waals surface area contributed by atoms with E-state index in [2.05, 4.69) is 37.8 Å². The van der Waals surface area contributed by atoms with Crippen LogP contribution in [-0.4, -0.2) is 50.7 Å². The molecule has 2 unspecified atom stereocenters. The Kier molecular flexibility index (Phi) is 4.78. The zero-order valence-electron chi connectivity index (χ0n) is 18.5. The number of carbonyl (C=O) groups is 1. The summed E-state index contributed by atoms with van der Waals surface area (Å²) >= 11 is 0. The molecule has 6 rings (SSSR count). The second-order valence-corrected chi connectivity index (χ2v) is 9.06. The number of nitrogens with one attached hydrogen (secondary N) is 2. The molecule has 0 saturated carbocycles. The summed E-state index contributed by atoms with van der Waals surface area (Å²) in [7, 11) is 1.88. The topological polar surface area (TPSA) is 105 Å². The molecule has 3 aliphatic heterocycles. The number of aryl methyl sites for hydroxylation is 1. The molecule has 33 heavy (non-hydrogen) atoms. The number of nitrogens with zero attached hydrogens (tertiary/aromatic N) is 4. The van der Waals surface area contributed by atoms with Gasteiger partial charge in [0.1, 0.15) is 17.6 Å². The Morgan fingerprint density at radius 1 is 1.18 bits per heavy atom. The number of hydrogen-bond donors (Lipinski definition) is 3. The number of hydrogen-bond acceptors (Lipinski definition) is 6. The smallest absolute Gasteiger partial charge is 0.274 e. The lowest BCUT2D eigenvalue weighted by Crippen LogP contribution is -2.27. The quantitative estimate of drug-likeness (QED) is 0.416. The molecule has 4 heterocycles. The summed E-state index contributed by atoms with van der Waals surface area (Å²) in [6, 6.07) is 11.7. The van der Waals surface area contributed by atoms with Crippen LogP contribution in [0, 0.1) is 0 Å². The highest BCUT2D eigenvalue weighted by Crippen LogP contribution is 2.39. The molecule has 168 valence electrons. The van der Waals surface area contributed by atoms with E-state index >= 15 is 0 Å². The van der Waals surface area contributed by atoms with Crippen molar-refractivity contribution in [3.8, 4) is 16.9 Å². The van der Waals surface area contributed by atoms with Crippen molar-refractivity contribution in [2.24, 2.45) is 12.0 Å². The number of anilines is 1. The molecule has 2 aromatic carbocycles. The fraction of sp³-hybridized carbons (Fsp3) is 0.320. The maximum absolute atomic E-state index is 13.3. The lowest BCUT2D eigenvalue weighted by atomic mass is 9.93. The number of benzene rings is 2. The standard InChI is InChI=1S/C25H26N6O2/c1-30-14-17(12-26-30)16-5-6-18-19(11-16)23(29-24-22(18)28-24)25(33)27-20-7-4-15(10-21(20)32)13-31-8-2-3-9-31/h4-7,10-12,14,22,24,28,32H,2-3,8-9,13H2,1H3,(H,27,33). The first-order chi connectivity index (χ1) is 16.0. The Bertz CT molecular complexity index is 1270. The first kappa shape index (κ1) is 20.1. The van der Waals surface area contributed by atoms with Gasteiger partial charge in [-0.1, -0.05) is 18.2 Å². The Labute approximate surface area is 191 Å².